The predicted molar refractivity (Wildman–Crippen MR) is 89.4 cm³/mol. The van der Waals surface area contributed by atoms with E-state index in [4.69, 9.17) is 9.47 Å². The van der Waals surface area contributed by atoms with Crippen molar-refractivity contribution in [3.05, 3.63) is 42.0 Å². The van der Waals surface area contributed by atoms with Crippen LogP contribution in [0.1, 0.15) is 5.56 Å². The van der Waals surface area contributed by atoms with E-state index in [-0.39, 0.29) is 0 Å². The van der Waals surface area contributed by atoms with E-state index < -0.39 is 0 Å². The molecule has 5 heteroatoms. The van der Waals surface area contributed by atoms with E-state index in [1.54, 1.807) is 6.34 Å². The molecule has 3 rings (SSSR count). The van der Waals surface area contributed by atoms with E-state index in [0.29, 0.717) is 24.5 Å². The van der Waals surface area contributed by atoms with Gasteiger partial charge in [0.25, 0.3) is 0 Å². The van der Waals surface area contributed by atoms with E-state index in [1.165, 1.54) is 0 Å². The van der Waals surface area contributed by atoms with Crippen molar-refractivity contribution >= 4 is 12.0 Å². The van der Waals surface area contributed by atoms with Crippen LogP contribution in [-0.2, 0) is 0 Å². The molecule has 0 N–H and O–H groups in total. The van der Waals surface area contributed by atoms with Crippen LogP contribution in [0.15, 0.2) is 41.4 Å². The van der Waals surface area contributed by atoms with Crippen molar-refractivity contribution in [3.8, 4) is 28.7 Å². The summed E-state index contributed by atoms with van der Waals surface area (Å²) in [5.41, 5.74) is 3.12. The van der Waals surface area contributed by atoms with Crippen LogP contribution in [0.3, 0.4) is 0 Å². The summed E-state index contributed by atoms with van der Waals surface area (Å²) in [7, 11) is 3.78. The molecule has 116 valence electrons. The standard InChI is InChI=1S/C18H17N3O2/c1-21(2)12-20-16-5-3-13(9-15(16)11-19)14-4-6-17-18(10-14)23-8-7-22-17/h3-6,9-10,12H,7-8H2,1-2H3/b20-12-. The Balaban J connectivity index is 1.96. The smallest absolute Gasteiger partial charge is 0.161 e. The fourth-order valence-corrected chi connectivity index (χ4v) is 2.32. The highest BCUT2D eigenvalue weighted by molar-refractivity contribution is 5.73. The van der Waals surface area contributed by atoms with Crippen molar-refractivity contribution < 1.29 is 9.47 Å². The molecule has 23 heavy (non-hydrogen) atoms. The maximum absolute atomic E-state index is 9.36. The van der Waals surface area contributed by atoms with Gasteiger partial charge in [-0.15, -0.1) is 0 Å². The SMILES string of the molecule is CN(C)/C=N\c1ccc(-c2ccc3c(c2)OCCO3)cc1C#N. The Morgan fingerprint density at radius 2 is 1.74 bits per heavy atom. The number of hydrogen-bond acceptors (Lipinski definition) is 4. The quantitative estimate of drug-likeness (QED) is 0.645. The van der Waals surface area contributed by atoms with E-state index in [1.807, 2.05) is 55.4 Å². The van der Waals surface area contributed by atoms with Crippen LogP contribution in [0.25, 0.3) is 11.1 Å². The first-order chi connectivity index (χ1) is 11.2. The Morgan fingerprint density at radius 1 is 1.04 bits per heavy atom. The summed E-state index contributed by atoms with van der Waals surface area (Å²) < 4.78 is 11.1. The fourth-order valence-electron chi connectivity index (χ4n) is 2.32. The molecule has 1 heterocycles. The second kappa shape index (κ2) is 6.41. The van der Waals surface area contributed by atoms with Gasteiger partial charge in [0, 0.05) is 14.1 Å². The lowest BCUT2D eigenvalue weighted by Gasteiger charge is -2.19. The van der Waals surface area contributed by atoms with Gasteiger partial charge < -0.3 is 14.4 Å². The topological polar surface area (TPSA) is 57.9 Å². The van der Waals surface area contributed by atoms with Gasteiger partial charge in [0.1, 0.15) is 19.3 Å². The molecular formula is C18H17N3O2. The van der Waals surface area contributed by atoms with Crippen LogP contribution >= 0.6 is 0 Å². The fraction of sp³-hybridized carbons (Fsp3) is 0.222. The molecule has 0 atom stereocenters. The van der Waals surface area contributed by atoms with Crippen molar-refractivity contribution in [3.63, 3.8) is 0 Å². The number of fused-ring (bicyclic) bond motifs is 1. The molecule has 5 nitrogen and oxygen atoms in total. The number of rotatable bonds is 3. The van der Waals surface area contributed by atoms with Crippen molar-refractivity contribution in [2.24, 2.45) is 4.99 Å². The first-order valence-corrected chi connectivity index (χ1v) is 7.32. The van der Waals surface area contributed by atoms with Gasteiger partial charge in [0.2, 0.25) is 0 Å². The van der Waals surface area contributed by atoms with Crippen LogP contribution in [0.4, 0.5) is 5.69 Å². The molecule has 0 aliphatic carbocycles. The lowest BCUT2D eigenvalue weighted by atomic mass is 10.0. The number of hydrogen-bond donors (Lipinski definition) is 0. The normalized spacial score (nSPS) is 12.9. The van der Waals surface area contributed by atoms with Gasteiger partial charge in [0.05, 0.1) is 17.6 Å². The molecule has 0 unspecified atom stereocenters. The van der Waals surface area contributed by atoms with Gasteiger partial charge in [0.15, 0.2) is 11.5 Å². The molecule has 1 aliphatic heterocycles. The molecule has 0 saturated carbocycles. The molecule has 2 aromatic rings. The summed E-state index contributed by atoms with van der Waals surface area (Å²) in [5.74, 6) is 1.50. The molecule has 0 spiro atoms. The Hall–Kier alpha value is -3.00. The first-order valence-electron chi connectivity index (χ1n) is 7.32. The first kappa shape index (κ1) is 14.9. The minimum absolute atomic E-state index is 0.537. The molecule has 1 aliphatic rings. The van der Waals surface area contributed by atoms with Gasteiger partial charge in [-0.05, 0) is 35.4 Å². The third-order valence-corrected chi connectivity index (χ3v) is 3.42. The summed E-state index contributed by atoms with van der Waals surface area (Å²) in [5, 5.41) is 9.36. The molecule has 0 bridgehead atoms. The van der Waals surface area contributed by atoms with Crippen LogP contribution in [0, 0.1) is 11.3 Å². The highest BCUT2D eigenvalue weighted by Crippen LogP contribution is 2.35. The third kappa shape index (κ3) is 3.27. The maximum Gasteiger partial charge on any atom is 0.161 e. The Bertz CT molecular complexity index is 791. The summed E-state index contributed by atoms with van der Waals surface area (Å²) in [6.45, 7) is 1.13. The highest BCUT2D eigenvalue weighted by atomic mass is 16.6. The minimum atomic E-state index is 0.537. The average Bonchev–Trinajstić information content (AvgIpc) is 2.59. The Morgan fingerprint density at radius 3 is 2.48 bits per heavy atom. The third-order valence-electron chi connectivity index (χ3n) is 3.42. The van der Waals surface area contributed by atoms with Crippen LogP contribution < -0.4 is 9.47 Å². The zero-order valence-electron chi connectivity index (χ0n) is 13.1. The van der Waals surface area contributed by atoms with Crippen molar-refractivity contribution in [2.45, 2.75) is 0 Å². The summed E-state index contributed by atoms with van der Waals surface area (Å²) >= 11 is 0. The van der Waals surface area contributed by atoms with Crippen molar-refractivity contribution in [1.29, 1.82) is 5.26 Å². The van der Waals surface area contributed by atoms with Gasteiger partial charge in [-0.3, -0.25) is 0 Å². The van der Waals surface area contributed by atoms with Crippen LogP contribution in [0.2, 0.25) is 0 Å². The number of nitriles is 1. The monoisotopic (exact) mass is 307 g/mol. The number of nitrogens with zero attached hydrogens (tertiary/aromatic N) is 3. The highest BCUT2D eigenvalue weighted by Gasteiger charge is 2.13. The summed E-state index contributed by atoms with van der Waals surface area (Å²) in [6, 6.07) is 13.6. The second-order valence-corrected chi connectivity index (χ2v) is 5.41. The van der Waals surface area contributed by atoms with Crippen molar-refractivity contribution in [2.75, 3.05) is 27.3 Å². The van der Waals surface area contributed by atoms with Gasteiger partial charge in [-0.1, -0.05) is 12.1 Å². The van der Waals surface area contributed by atoms with E-state index in [9.17, 15) is 5.26 Å². The molecule has 2 aromatic carbocycles. The molecule has 0 saturated heterocycles. The lowest BCUT2D eigenvalue weighted by Crippen LogP contribution is -2.15. The van der Waals surface area contributed by atoms with E-state index >= 15 is 0 Å². The minimum Gasteiger partial charge on any atom is -0.486 e. The van der Waals surface area contributed by atoms with Crippen LogP contribution in [0.5, 0.6) is 11.5 Å². The van der Waals surface area contributed by atoms with Gasteiger partial charge in [-0.25, -0.2) is 4.99 Å². The maximum atomic E-state index is 9.36. The van der Waals surface area contributed by atoms with Crippen molar-refractivity contribution in [1.82, 2.24) is 4.90 Å². The summed E-state index contributed by atoms with van der Waals surface area (Å²) in [6.07, 6.45) is 1.68. The Kier molecular flexibility index (Phi) is 4.15. The lowest BCUT2D eigenvalue weighted by molar-refractivity contribution is 0.171. The molecule has 0 fully saturated rings. The molecule has 0 amide bonds. The van der Waals surface area contributed by atoms with Crippen LogP contribution in [-0.4, -0.2) is 38.5 Å². The number of benzene rings is 2. The molecular weight excluding hydrogens is 290 g/mol. The summed E-state index contributed by atoms with van der Waals surface area (Å²) in [4.78, 5) is 6.14. The van der Waals surface area contributed by atoms with Gasteiger partial charge >= 0.3 is 0 Å². The average molecular weight is 307 g/mol. The second-order valence-electron chi connectivity index (χ2n) is 5.41. The predicted octanol–water partition coefficient (Wildman–Crippen LogP) is 3.22. The zero-order chi connectivity index (χ0) is 16.2. The Labute approximate surface area is 135 Å². The molecule has 0 aromatic heterocycles. The largest absolute Gasteiger partial charge is 0.486 e. The molecule has 0 radical (unpaired) electrons. The van der Waals surface area contributed by atoms with E-state index in [2.05, 4.69) is 11.1 Å². The number of ether oxygens (including phenoxy) is 2. The zero-order valence-corrected chi connectivity index (χ0v) is 13.1. The van der Waals surface area contributed by atoms with Gasteiger partial charge in [-0.2, -0.15) is 5.26 Å². The van der Waals surface area contributed by atoms with E-state index in [0.717, 1.165) is 22.6 Å². The number of aliphatic imine (C=N–C) groups is 1.